The van der Waals surface area contributed by atoms with Gasteiger partial charge in [0.1, 0.15) is 6.10 Å². The molecule has 1 aliphatic carbocycles. The van der Waals surface area contributed by atoms with Gasteiger partial charge in [0.15, 0.2) is 5.60 Å². The topological polar surface area (TPSA) is 49.8 Å². The summed E-state index contributed by atoms with van der Waals surface area (Å²) >= 11 is 0. The van der Waals surface area contributed by atoms with E-state index in [0.29, 0.717) is 18.4 Å². The van der Waals surface area contributed by atoms with Gasteiger partial charge in [-0.2, -0.15) is 0 Å². The molecule has 2 unspecified atom stereocenters. The van der Waals surface area contributed by atoms with Crippen molar-refractivity contribution in [3.63, 3.8) is 0 Å². The Morgan fingerprint density at radius 1 is 1.24 bits per heavy atom. The number of carbonyl (C=O) groups is 1. The fourth-order valence-electron chi connectivity index (χ4n) is 3.86. The van der Waals surface area contributed by atoms with Gasteiger partial charge < -0.3 is 14.7 Å². The predicted molar refractivity (Wildman–Crippen MR) is 89.2 cm³/mol. The molecule has 1 aromatic carbocycles. The lowest BCUT2D eigenvalue weighted by atomic mass is 9.80. The number of nitrogens with zero attached hydrogens (tertiary/aromatic N) is 1. The summed E-state index contributed by atoms with van der Waals surface area (Å²) in [7, 11) is 2.00. The molecule has 1 heterocycles. The lowest BCUT2D eigenvalue weighted by molar-refractivity contribution is -0.182. The smallest absolute Gasteiger partial charge is 0.343 e. The molecule has 3 rings (SSSR count). The van der Waals surface area contributed by atoms with Crippen molar-refractivity contribution in [3.8, 4) is 0 Å². The minimum Gasteiger partial charge on any atom is -0.460 e. The lowest BCUT2D eigenvalue weighted by Crippen LogP contribution is -2.46. The summed E-state index contributed by atoms with van der Waals surface area (Å²) in [6, 6.07) is 8.35. The van der Waals surface area contributed by atoms with Crippen LogP contribution in [0.4, 0.5) is 8.78 Å². The van der Waals surface area contributed by atoms with Gasteiger partial charge in [0, 0.05) is 31.8 Å². The van der Waals surface area contributed by atoms with E-state index in [1.807, 2.05) is 7.05 Å². The van der Waals surface area contributed by atoms with Crippen LogP contribution in [0.3, 0.4) is 0 Å². The predicted octanol–water partition coefficient (Wildman–Crippen LogP) is 2.95. The second-order valence-electron chi connectivity index (χ2n) is 7.34. The van der Waals surface area contributed by atoms with Gasteiger partial charge in [0.05, 0.1) is 0 Å². The number of piperidine rings is 1. The second-order valence-corrected chi connectivity index (χ2v) is 7.34. The van der Waals surface area contributed by atoms with Gasteiger partial charge in [-0.1, -0.05) is 30.3 Å². The fraction of sp³-hybridized carbons (Fsp3) is 0.632. The third-order valence-corrected chi connectivity index (χ3v) is 5.46. The van der Waals surface area contributed by atoms with Crippen LogP contribution < -0.4 is 0 Å². The van der Waals surface area contributed by atoms with E-state index in [-0.39, 0.29) is 18.9 Å². The molecule has 4 nitrogen and oxygen atoms in total. The molecule has 6 heteroatoms. The molecule has 1 saturated heterocycles. The maximum Gasteiger partial charge on any atom is 0.343 e. The molecule has 25 heavy (non-hydrogen) atoms. The summed E-state index contributed by atoms with van der Waals surface area (Å²) in [5.41, 5.74) is -1.69. The van der Waals surface area contributed by atoms with Crippen LogP contribution in [0.5, 0.6) is 0 Å². The molecule has 1 saturated carbocycles. The number of benzene rings is 1. The van der Waals surface area contributed by atoms with Crippen LogP contribution in [0.2, 0.25) is 0 Å². The number of halogens is 2. The molecule has 1 aromatic rings. The number of ether oxygens (including phenoxy) is 1. The molecule has 1 aliphatic heterocycles. The van der Waals surface area contributed by atoms with Crippen LogP contribution in [0, 0.1) is 5.92 Å². The third-order valence-electron chi connectivity index (χ3n) is 5.46. The number of likely N-dealkylation sites (tertiary alicyclic amines) is 1. The zero-order chi connectivity index (χ0) is 18.1. The van der Waals surface area contributed by atoms with E-state index in [4.69, 9.17) is 4.74 Å². The number of aliphatic hydroxyl groups is 1. The first-order valence-corrected chi connectivity index (χ1v) is 8.86. The molecular weight excluding hydrogens is 328 g/mol. The van der Waals surface area contributed by atoms with Gasteiger partial charge in [-0.15, -0.1) is 0 Å². The van der Waals surface area contributed by atoms with Gasteiger partial charge >= 0.3 is 5.97 Å². The monoisotopic (exact) mass is 353 g/mol. The first-order valence-electron chi connectivity index (χ1n) is 8.86. The Balaban J connectivity index is 1.82. The molecule has 1 N–H and O–H groups in total. The third kappa shape index (κ3) is 3.85. The van der Waals surface area contributed by atoms with Gasteiger partial charge in [0.2, 0.25) is 5.92 Å². The van der Waals surface area contributed by atoms with E-state index in [2.05, 4.69) is 4.90 Å². The molecule has 2 atom stereocenters. The van der Waals surface area contributed by atoms with Crippen LogP contribution >= 0.6 is 0 Å². The maximum atomic E-state index is 13.7. The Morgan fingerprint density at radius 2 is 1.88 bits per heavy atom. The van der Waals surface area contributed by atoms with Crippen LogP contribution in [0.25, 0.3) is 0 Å². The quantitative estimate of drug-likeness (QED) is 0.846. The van der Waals surface area contributed by atoms with Gasteiger partial charge in [-0.05, 0) is 31.9 Å². The fourth-order valence-corrected chi connectivity index (χ4v) is 3.86. The zero-order valence-electron chi connectivity index (χ0n) is 14.5. The van der Waals surface area contributed by atoms with E-state index < -0.39 is 29.8 Å². The van der Waals surface area contributed by atoms with Crippen LogP contribution in [-0.4, -0.2) is 48.1 Å². The van der Waals surface area contributed by atoms with Crippen molar-refractivity contribution in [2.75, 3.05) is 20.1 Å². The van der Waals surface area contributed by atoms with Crippen LogP contribution in [-0.2, 0) is 15.1 Å². The van der Waals surface area contributed by atoms with E-state index >= 15 is 0 Å². The SMILES string of the molecule is CN1CCC(OC(=O)C(O)(c2ccccc2)C2CCC(F)(F)C2)CC1. The molecule has 0 bridgehead atoms. The molecule has 2 aliphatic rings. The summed E-state index contributed by atoms with van der Waals surface area (Å²) < 4.78 is 33.1. The normalized spacial score (nSPS) is 27.0. The van der Waals surface area contributed by atoms with Crippen molar-refractivity contribution in [2.45, 2.75) is 49.7 Å². The Bertz CT molecular complexity index is 602. The minimum atomic E-state index is -2.85. The lowest BCUT2D eigenvalue weighted by Gasteiger charge is -2.35. The van der Waals surface area contributed by atoms with Crippen LogP contribution in [0.15, 0.2) is 30.3 Å². The largest absolute Gasteiger partial charge is 0.460 e. The highest BCUT2D eigenvalue weighted by molar-refractivity contribution is 5.81. The summed E-state index contributed by atoms with van der Waals surface area (Å²) in [6.07, 6.45) is 0.388. The first-order chi connectivity index (χ1) is 11.8. The Morgan fingerprint density at radius 3 is 2.44 bits per heavy atom. The zero-order valence-corrected chi connectivity index (χ0v) is 14.5. The molecule has 2 fully saturated rings. The van der Waals surface area contributed by atoms with Crippen molar-refractivity contribution in [1.29, 1.82) is 0 Å². The Labute approximate surface area is 146 Å². The number of hydrogen-bond donors (Lipinski definition) is 1. The number of rotatable bonds is 4. The molecule has 0 spiro atoms. The molecule has 0 aromatic heterocycles. The summed E-state index contributed by atoms with van der Waals surface area (Å²) in [5, 5.41) is 11.2. The van der Waals surface area contributed by atoms with Crippen LogP contribution in [0.1, 0.15) is 37.7 Å². The van der Waals surface area contributed by atoms with E-state index in [1.165, 1.54) is 0 Å². The summed E-state index contributed by atoms with van der Waals surface area (Å²) in [5.74, 6) is -4.49. The highest BCUT2D eigenvalue weighted by atomic mass is 19.3. The molecule has 0 amide bonds. The average molecular weight is 353 g/mol. The Hall–Kier alpha value is -1.53. The number of hydrogen-bond acceptors (Lipinski definition) is 4. The Kier molecular flexibility index (Phi) is 5.11. The number of alkyl halides is 2. The molecular formula is C19H25F2NO3. The highest BCUT2D eigenvalue weighted by Gasteiger charge is 2.54. The van der Waals surface area contributed by atoms with Crippen molar-refractivity contribution in [1.82, 2.24) is 4.90 Å². The number of carbonyl (C=O) groups excluding carboxylic acids is 1. The number of esters is 1. The standard InChI is InChI=1S/C19H25F2NO3/c1-22-11-8-16(9-12-22)25-17(23)19(24,14-5-3-2-4-6-14)15-7-10-18(20,21)13-15/h2-6,15-16,24H,7-13H2,1H3. The maximum absolute atomic E-state index is 13.7. The van der Waals surface area contributed by atoms with E-state index in [9.17, 15) is 18.7 Å². The summed E-state index contributed by atoms with van der Waals surface area (Å²) in [4.78, 5) is 15.0. The van der Waals surface area contributed by atoms with Crippen molar-refractivity contribution in [3.05, 3.63) is 35.9 Å². The first kappa shape index (κ1) is 18.3. The van der Waals surface area contributed by atoms with Crippen molar-refractivity contribution in [2.24, 2.45) is 5.92 Å². The molecule has 0 radical (unpaired) electrons. The summed E-state index contributed by atoms with van der Waals surface area (Å²) in [6.45, 7) is 1.62. The van der Waals surface area contributed by atoms with E-state index in [0.717, 1.165) is 13.1 Å². The molecule has 138 valence electrons. The van der Waals surface area contributed by atoms with Gasteiger partial charge in [-0.3, -0.25) is 0 Å². The minimum absolute atomic E-state index is 0.0981. The second kappa shape index (κ2) is 7.00. The van der Waals surface area contributed by atoms with Gasteiger partial charge in [-0.25, -0.2) is 13.6 Å². The van der Waals surface area contributed by atoms with Crippen molar-refractivity contribution < 1.29 is 23.4 Å². The van der Waals surface area contributed by atoms with E-state index in [1.54, 1.807) is 30.3 Å². The van der Waals surface area contributed by atoms with Gasteiger partial charge in [0.25, 0.3) is 0 Å². The average Bonchev–Trinajstić information content (AvgIpc) is 2.97. The highest BCUT2D eigenvalue weighted by Crippen LogP contribution is 2.48. The van der Waals surface area contributed by atoms with Crippen molar-refractivity contribution >= 4 is 5.97 Å².